The Bertz CT molecular complexity index is 789. The Kier molecular flexibility index (Phi) is 5.38. The summed E-state index contributed by atoms with van der Waals surface area (Å²) in [5.41, 5.74) is 2.95. The summed E-state index contributed by atoms with van der Waals surface area (Å²) in [6, 6.07) is 17.1. The largest absolute Gasteiger partial charge is 0.330 e. The Hall–Kier alpha value is -2.66. The number of carbonyl (C=O) groups excluding carboxylic acids is 2. The normalized spacial score (nSPS) is 16.1. The molecule has 0 aliphatic carbocycles. The number of carbonyl (C=O) groups is 2. The molecular weight excluding hydrogens is 326 g/mol. The van der Waals surface area contributed by atoms with Crippen molar-refractivity contribution in [1.82, 2.24) is 9.80 Å². The molecule has 5 nitrogen and oxygen atoms in total. The van der Waals surface area contributed by atoms with Gasteiger partial charge in [-0.05, 0) is 44.3 Å². The van der Waals surface area contributed by atoms with E-state index in [1.54, 1.807) is 9.80 Å². The van der Waals surface area contributed by atoms with Crippen molar-refractivity contribution < 1.29 is 9.59 Å². The van der Waals surface area contributed by atoms with Crippen molar-refractivity contribution in [3.63, 3.8) is 0 Å². The van der Waals surface area contributed by atoms with Crippen LogP contribution in [0.4, 0.5) is 5.69 Å². The molecular formula is C21H25N3O2. The van der Waals surface area contributed by atoms with Crippen molar-refractivity contribution in [2.75, 3.05) is 38.6 Å². The molecule has 0 spiro atoms. The van der Waals surface area contributed by atoms with Gasteiger partial charge in [-0.3, -0.25) is 14.5 Å². The highest BCUT2D eigenvalue weighted by Crippen LogP contribution is 2.25. The fraction of sp³-hybridized carbons (Fsp3) is 0.333. The molecule has 0 unspecified atom stereocenters. The molecule has 0 radical (unpaired) electrons. The van der Waals surface area contributed by atoms with Crippen LogP contribution in [0.1, 0.15) is 17.2 Å². The second-order valence-electron chi connectivity index (χ2n) is 6.86. The predicted molar refractivity (Wildman–Crippen MR) is 103 cm³/mol. The van der Waals surface area contributed by atoms with E-state index in [2.05, 4.69) is 0 Å². The molecule has 1 fully saturated rings. The Morgan fingerprint density at radius 3 is 2.27 bits per heavy atom. The van der Waals surface area contributed by atoms with Crippen LogP contribution >= 0.6 is 0 Å². The summed E-state index contributed by atoms with van der Waals surface area (Å²) >= 11 is 0. The minimum atomic E-state index is -0.382. The van der Waals surface area contributed by atoms with E-state index in [0.29, 0.717) is 13.1 Å². The smallest absolute Gasteiger partial charge is 0.246 e. The number of amides is 2. The van der Waals surface area contributed by atoms with Crippen molar-refractivity contribution in [2.24, 2.45) is 0 Å². The molecule has 1 aliphatic rings. The van der Waals surface area contributed by atoms with Gasteiger partial charge < -0.3 is 9.80 Å². The Balaban J connectivity index is 1.78. The van der Waals surface area contributed by atoms with Gasteiger partial charge in [0.2, 0.25) is 11.8 Å². The van der Waals surface area contributed by atoms with E-state index in [1.165, 1.54) is 0 Å². The van der Waals surface area contributed by atoms with Gasteiger partial charge in [-0.2, -0.15) is 0 Å². The Labute approximate surface area is 154 Å². The number of piperazine rings is 1. The molecule has 2 amide bonds. The van der Waals surface area contributed by atoms with Crippen LogP contribution in [-0.2, 0) is 9.59 Å². The molecule has 3 rings (SSSR count). The lowest BCUT2D eigenvalue weighted by Crippen LogP contribution is -2.54. The number of benzene rings is 2. The predicted octanol–water partition coefficient (Wildman–Crippen LogP) is 2.47. The first-order chi connectivity index (χ1) is 12.5. The van der Waals surface area contributed by atoms with Crippen molar-refractivity contribution in [3.8, 4) is 0 Å². The summed E-state index contributed by atoms with van der Waals surface area (Å²) in [5, 5.41) is 0. The molecule has 2 aromatic rings. The number of hydrogen-bond acceptors (Lipinski definition) is 3. The molecule has 2 aromatic carbocycles. The molecule has 5 heteroatoms. The van der Waals surface area contributed by atoms with Crippen LogP contribution in [0.25, 0.3) is 0 Å². The number of aryl methyl sites for hydroxylation is 1. The second kappa shape index (κ2) is 7.70. The number of nitrogens with zero attached hydrogens (tertiary/aromatic N) is 3. The van der Waals surface area contributed by atoms with Crippen molar-refractivity contribution in [1.29, 1.82) is 0 Å². The fourth-order valence-electron chi connectivity index (χ4n) is 3.44. The van der Waals surface area contributed by atoms with Gasteiger partial charge in [-0.25, -0.2) is 0 Å². The summed E-state index contributed by atoms with van der Waals surface area (Å²) in [6.45, 7) is 3.18. The Morgan fingerprint density at radius 1 is 1.00 bits per heavy atom. The zero-order valence-corrected chi connectivity index (χ0v) is 15.6. The average Bonchev–Trinajstić information content (AvgIpc) is 2.64. The number of para-hydroxylation sites is 1. The van der Waals surface area contributed by atoms with Crippen LogP contribution in [0, 0.1) is 6.92 Å². The monoisotopic (exact) mass is 351 g/mol. The zero-order chi connectivity index (χ0) is 18.7. The molecule has 1 heterocycles. The molecule has 0 aromatic heterocycles. The quantitative estimate of drug-likeness (QED) is 0.850. The van der Waals surface area contributed by atoms with Crippen LogP contribution in [-0.4, -0.2) is 55.3 Å². The third-order valence-electron chi connectivity index (χ3n) is 4.83. The number of hydrogen-bond donors (Lipinski definition) is 0. The number of rotatable bonds is 4. The van der Waals surface area contributed by atoms with E-state index < -0.39 is 0 Å². The van der Waals surface area contributed by atoms with Gasteiger partial charge in [0.1, 0.15) is 12.6 Å². The highest BCUT2D eigenvalue weighted by Gasteiger charge is 2.34. The standard InChI is InChI=1S/C21H25N3O2/c1-16-9-7-8-12-18(16)20(22(2)3)21(26)23-13-14-24(19(25)15-23)17-10-5-4-6-11-17/h4-12,20H,13-15H2,1-3H3/t20-/m0/s1. The maximum absolute atomic E-state index is 13.2. The first-order valence-electron chi connectivity index (χ1n) is 8.85. The van der Waals surface area contributed by atoms with Gasteiger partial charge in [0, 0.05) is 18.8 Å². The van der Waals surface area contributed by atoms with E-state index in [1.807, 2.05) is 80.5 Å². The van der Waals surface area contributed by atoms with Crippen molar-refractivity contribution in [2.45, 2.75) is 13.0 Å². The third kappa shape index (κ3) is 3.63. The van der Waals surface area contributed by atoms with Crippen LogP contribution in [0.2, 0.25) is 0 Å². The van der Waals surface area contributed by atoms with Gasteiger partial charge in [-0.1, -0.05) is 42.5 Å². The summed E-state index contributed by atoms with van der Waals surface area (Å²) in [7, 11) is 3.80. The molecule has 136 valence electrons. The third-order valence-corrected chi connectivity index (χ3v) is 4.83. The molecule has 0 bridgehead atoms. The summed E-state index contributed by atoms with van der Waals surface area (Å²) in [6.07, 6.45) is 0. The summed E-state index contributed by atoms with van der Waals surface area (Å²) < 4.78 is 0. The van der Waals surface area contributed by atoms with Gasteiger partial charge >= 0.3 is 0 Å². The Morgan fingerprint density at radius 2 is 1.65 bits per heavy atom. The minimum absolute atomic E-state index is 0.0228. The highest BCUT2D eigenvalue weighted by atomic mass is 16.2. The van der Waals surface area contributed by atoms with E-state index in [-0.39, 0.29) is 24.4 Å². The lowest BCUT2D eigenvalue weighted by molar-refractivity contribution is -0.141. The van der Waals surface area contributed by atoms with Crippen LogP contribution in [0.15, 0.2) is 54.6 Å². The second-order valence-corrected chi connectivity index (χ2v) is 6.86. The van der Waals surface area contributed by atoms with E-state index in [0.717, 1.165) is 16.8 Å². The van der Waals surface area contributed by atoms with Gasteiger partial charge in [0.25, 0.3) is 0 Å². The van der Waals surface area contributed by atoms with E-state index in [4.69, 9.17) is 0 Å². The topological polar surface area (TPSA) is 43.9 Å². The minimum Gasteiger partial charge on any atom is -0.330 e. The van der Waals surface area contributed by atoms with Gasteiger partial charge in [-0.15, -0.1) is 0 Å². The summed E-state index contributed by atoms with van der Waals surface area (Å²) in [5.74, 6) is -0.0662. The summed E-state index contributed by atoms with van der Waals surface area (Å²) in [4.78, 5) is 31.2. The molecule has 1 atom stereocenters. The number of anilines is 1. The number of likely N-dealkylation sites (N-methyl/N-ethyl adjacent to an activating group) is 1. The lowest BCUT2D eigenvalue weighted by Gasteiger charge is -2.37. The molecule has 1 saturated heterocycles. The maximum atomic E-state index is 13.2. The van der Waals surface area contributed by atoms with E-state index >= 15 is 0 Å². The van der Waals surface area contributed by atoms with Crippen molar-refractivity contribution in [3.05, 3.63) is 65.7 Å². The highest BCUT2D eigenvalue weighted by molar-refractivity contribution is 5.98. The molecule has 0 saturated carbocycles. The van der Waals surface area contributed by atoms with Gasteiger partial charge in [0.05, 0.1) is 0 Å². The average molecular weight is 351 g/mol. The zero-order valence-electron chi connectivity index (χ0n) is 15.6. The van der Waals surface area contributed by atoms with Crippen LogP contribution < -0.4 is 4.90 Å². The first-order valence-corrected chi connectivity index (χ1v) is 8.85. The molecule has 1 aliphatic heterocycles. The maximum Gasteiger partial charge on any atom is 0.246 e. The van der Waals surface area contributed by atoms with Crippen LogP contribution in [0.5, 0.6) is 0 Å². The SMILES string of the molecule is Cc1ccccc1[C@@H](C(=O)N1CCN(c2ccccc2)C(=O)C1)N(C)C. The first kappa shape index (κ1) is 18.1. The molecule has 0 N–H and O–H groups in total. The van der Waals surface area contributed by atoms with Crippen molar-refractivity contribution >= 4 is 17.5 Å². The van der Waals surface area contributed by atoms with E-state index in [9.17, 15) is 9.59 Å². The lowest BCUT2D eigenvalue weighted by atomic mass is 9.99. The molecule has 26 heavy (non-hydrogen) atoms. The van der Waals surface area contributed by atoms with Crippen LogP contribution in [0.3, 0.4) is 0 Å². The fourth-order valence-corrected chi connectivity index (χ4v) is 3.44. The van der Waals surface area contributed by atoms with Gasteiger partial charge in [0.15, 0.2) is 0 Å².